The van der Waals surface area contributed by atoms with Crippen LogP contribution in [-0.2, 0) is 4.74 Å². The summed E-state index contributed by atoms with van der Waals surface area (Å²) in [4.78, 5) is 0. The molecular formula is C17H28O4. The molecule has 0 aliphatic carbocycles. The lowest BCUT2D eigenvalue weighted by Crippen LogP contribution is -2.34. The molecule has 1 aromatic rings. The molecule has 0 spiro atoms. The summed E-state index contributed by atoms with van der Waals surface area (Å²) >= 11 is 0. The maximum atomic E-state index is 10.6. The third-order valence-electron chi connectivity index (χ3n) is 3.30. The first kappa shape index (κ1) is 17.8. The fraction of sp³-hybridized carbons (Fsp3) is 0.647. The zero-order chi connectivity index (χ0) is 16.0. The second-order valence-corrected chi connectivity index (χ2v) is 6.04. The number of aliphatic hydroxyl groups is 1. The molecule has 1 aromatic carbocycles. The van der Waals surface area contributed by atoms with Crippen LogP contribution in [-0.4, -0.2) is 31.5 Å². The Morgan fingerprint density at radius 3 is 2.10 bits per heavy atom. The van der Waals surface area contributed by atoms with Crippen LogP contribution < -0.4 is 9.47 Å². The molecule has 0 heterocycles. The normalized spacial score (nSPS) is 14.6. The molecule has 0 fully saturated rings. The minimum absolute atomic E-state index is 0.168. The van der Waals surface area contributed by atoms with Crippen molar-refractivity contribution in [1.82, 2.24) is 0 Å². The monoisotopic (exact) mass is 296 g/mol. The van der Waals surface area contributed by atoms with Crippen LogP contribution in [0.3, 0.4) is 0 Å². The summed E-state index contributed by atoms with van der Waals surface area (Å²) in [6.45, 7) is 11.1. The maximum Gasteiger partial charge on any atom is 0.161 e. The first-order valence-electron chi connectivity index (χ1n) is 7.45. The van der Waals surface area contributed by atoms with Gasteiger partial charge in [0.1, 0.15) is 6.10 Å². The van der Waals surface area contributed by atoms with E-state index in [-0.39, 0.29) is 11.5 Å². The lowest BCUT2D eigenvalue weighted by molar-refractivity contribution is -0.0725. The molecule has 0 aromatic heterocycles. The summed E-state index contributed by atoms with van der Waals surface area (Å²) < 4.78 is 16.6. The Bertz CT molecular complexity index is 437. The van der Waals surface area contributed by atoms with Gasteiger partial charge in [-0.05, 0) is 37.0 Å². The van der Waals surface area contributed by atoms with Gasteiger partial charge in [-0.25, -0.2) is 0 Å². The molecule has 0 saturated heterocycles. The molecule has 0 radical (unpaired) electrons. The van der Waals surface area contributed by atoms with E-state index in [0.29, 0.717) is 24.7 Å². The summed E-state index contributed by atoms with van der Waals surface area (Å²) in [7, 11) is 1.62. The second kappa shape index (κ2) is 7.66. The van der Waals surface area contributed by atoms with Crippen LogP contribution in [0.5, 0.6) is 11.5 Å². The summed E-state index contributed by atoms with van der Waals surface area (Å²) in [5.41, 5.74) is 0.599. The SMILES string of the molecule is CCOc1ccc(C(O)C(OC)C(C)(C)C)cc1OCC. The quantitative estimate of drug-likeness (QED) is 0.835. The summed E-state index contributed by atoms with van der Waals surface area (Å²) in [6.07, 6.45) is -1.02. The molecule has 1 rings (SSSR count). The Kier molecular flexibility index (Phi) is 6.49. The van der Waals surface area contributed by atoms with Crippen molar-refractivity contribution in [1.29, 1.82) is 0 Å². The van der Waals surface area contributed by atoms with Gasteiger partial charge in [0, 0.05) is 7.11 Å². The van der Waals surface area contributed by atoms with Gasteiger partial charge in [-0.2, -0.15) is 0 Å². The standard InChI is InChI=1S/C17H28O4/c1-7-20-13-10-9-12(11-14(13)21-8-2)15(18)16(19-6)17(3,4)5/h9-11,15-16,18H,7-8H2,1-6H3. The maximum absolute atomic E-state index is 10.6. The molecule has 4 heteroatoms. The lowest BCUT2D eigenvalue weighted by Gasteiger charge is -2.33. The van der Waals surface area contributed by atoms with Crippen LogP contribution >= 0.6 is 0 Å². The fourth-order valence-corrected chi connectivity index (χ4v) is 2.38. The first-order chi connectivity index (χ1) is 9.85. The van der Waals surface area contributed by atoms with E-state index in [1.165, 1.54) is 0 Å². The Morgan fingerprint density at radius 2 is 1.62 bits per heavy atom. The van der Waals surface area contributed by atoms with Gasteiger partial charge in [0.05, 0.1) is 19.3 Å². The third kappa shape index (κ3) is 4.61. The smallest absolute Gasteiger partial charge is 0.161 e. The zero-order valence-electron chi connectivity index (χ0n) is 14.0. The van der Waals surface area contributed by atoms with Crippen molar-refractivity contribution in [3.05, 3.63) is 23.8 Å². The average Bonchev–Trinajstić information content (AvgIpc) is 2.40. The van der Waals surface area contributed by atoms with Crippen LogP contribution in [0.25, 0.3) is 0 Å². The molecular weight excluding hydrogens is 268 g/mol. The highest BCUT2D eigenvalue weighted by Gasteiger charge is 2.32. The minimum atomic E-state index is -0.718. The topological polar surface area (TPSA) is 47.9 Å². The largest absolute Gasteiger partial charge is 0.490 e. The van der Waals surface area contributed by atoms with E-state index in [1.807, 2.05) is 52.8 Å². The van der Waals surface area contributed by atoms with Crippen molar-refractivity contribution in [3.8, 4) is 11.5 Å². The number of methoxy groups -OCH3 is 1. The minimum Gasteiger partial charge on any atom is -0.490 e. The van der Waals surface area contributed by atoms with Gasteiger partial charge >= 0.3 is 0 Å². The number of aliphatic hydroxyl groups excluding tert-OH is 1. The van der Waals surface area contributed by atoms with Gasteiger partial charge in [-0.1, -0.05) is 26.8 Å². The number of hydrogen-bond donors (Lipinski definition) is 1. The predicted octanol–water partition coefficient (Wildman–Crippen LogP) is 3.58. The van der Waals surface area contributed by atoms with Crippen molar-refractivity contribution >= 4 is 0 Å². The molecule has 1 N–H and O–H groups in total. The molecule has 2 unspecified atom stereocenters. The molecule has 0 saturated carbocycles. The summed E-state index contributed by atoms with van der Waals surface area (Å²) in [5, 5.41) is 10.6. The van der Waals surface area contributed by atoms with Crippen LogP contribution in [0.1, 0.15) is 46.3 Å². The van der Waals surface area contributed by atoms with Crippen LogP contribution in [0.4, 0.5) is 0 Å². The predicted molar refractivity (Wildman–Crippen MR) is 84.0 cm³/mol. The molecule has 0 amide bonds. The zero-order valence-corrected chi connectivity index (χ0v) is 14.0. The second-order valence-electron chi connectivity index (χ2n) is 6.04. The highest BCUT2D eigenvalue weighted by Crippen LogP contribution is 2.36. The van der Waals surface area contributed by atoms with E-state index in [4.69, 9.17) is 14.2 Å². The highest BCUT2D eigenvalue weighted by molar-refractivity contribution is 5.44. The Morgan fingerprint density at radius 1 is 1.05 bits per heavy atom. The van der Waals surface area contributed by atoms with E-state index < -0.39 is 6.10 Å². The van der Waals surface area contributed by atoms with Gasteiger partial charge in [-0.3, -0.25) is 0 Å². The van der Waals surface area contributed by atoms with Gasteiger partial charge in [0.2, 0.25) is 0 Å². The molecule has 0 aliphatic rings. The van der Waals surface area contributed by atoms with E-state index in [2.05, 4.69) is 0 Å². The Labute approximate surface area is 128 Å². The van der Waals surface area contributed by atoms with E-state index in [0.717, 1.165) is 5.56 Å². The van der Waals surface area contributed by atoms with Gasteiger partial charge < -0.3 is 19.3 Å². The van der Waals surface area contributed by atoms with E-state index >= 15 is 0 Å². The van der Waals surface area contributed by atoms with E-state index in [9.17, 15) is 5.11 Å². The number of hydrogen-bond acceptors (Lipinski definition) is 4. The summed E-state index contributed by atoms with van der Waals surface area (Å²) in [5.74, 6) is 1.35. The van der Waals surface area contributed by atoms with Crippen LogP contribution in [0.2, 0.25) is 0 Å². The first-order valence-corrected chi connectivity index (χ1v) is 7.45. The Hall–Kier alpha value is -1.26. The summed E-state index contributed by atoms with van der Waals surface area (Å²) in [6, 6.07) is 5.52. The number of ether oxygens (including phenoxy) is 3. The molecule has 2 atom stereocenters. The average molecular weight is 296 g/mol. The molecule has 21 heavy (non-hydrogen) atoms. The van der Waals surface area contributed by atoms with Crippen LogP contribution in [0.15, 0.2) is 18.2 Å². The number of rotatable bonds is 7. The van der Waals surface area contributed by atoms with Gasteiger partial charge in [0.15, 0.2) is 11.5 Å². The highest BCUT2D eigenvalue weighted by atomic mass is 16.5. The van der Waals surface area contributed by atoms with Gasteiger partial charge in [0.25, 0.3) is 0 Å². The van der Waals surface area contributed by atoms with Crippen molar-refractivity contribution in [2.45, 2.75) is 46.8 Å². The van der Waals surface area contributed by atoms with Gasteiger partial charge in [-0.15, -0.1) is 0 Å². The fourth-order valence-electron chi connectivity index (χ4n) is 2.38. The molecule has 4 nitrogen and oxygen atoms in total. The Balaban J connectivity index is 3.09. The van der Waals surface area contributed by atoms with E-state index in [1.54, 1.807) is 7.11 Å². The van der Waals surface area contributed by atoms with Crippen molar-refractivity contribution in [3.63, 3.8) is 0 Å². The van der Waals surface area contributed by atoms with Crippen LogP contribution in [0, 0.1) is 5.41 Å². The third-order valence-corrected chi connectivity index (χ3v) is 3.30. The van der Waals surface area contributed by atoms with Crippen molar-refractivity contribution in [2.24, 2.45) is 5.41 Å². The number of benzene rings is 1. The lowest BCUT2D eigenvalue weighted by atomic mass is 9.83. The molecule has 0 aliphatic heterocycles. The van der Waals surface area contributed by atoms with Crippen molar-refractivity contribution < 1.29 is 19.3 Å². The van der Waals surface area contributed by atoms with Crippen molar-refractivity contribution in [2.75, 3.05) is 20.3 Å². The molecule has 120 valence electrons. The molecule has 0 bridgehead atoms.